The van der Waals surface area contributed by atoms with Gasteiger partial charge in [-0.3, -0.25) is 10.1 Å². The normalized spacial score (nSPS) is 17.9. The maximum absolute atomic E-state index is 12.1. The van der Waals surface area contributed by atoms with Gasteiger partial charge in [-0.2, -0.15) is 0 Å². The number of anilines is 1. The minimum atomic E-state index is -0.148. The number of carbonyl (C=O) groups excluding carboxylic acids is 1. The van der Waals surface area contributed by atoms with Gasteiger partial charge in [-0.25, -0.2) is 0 Å². The van der Waals surface area contributed by atoms with E-state index in [0.717, 1.165) is 32.2 Å². The molecule has 1 aromatic rings. The first-order valence-corrected chi connectivity index (χ1v) is 5.91. The second-order valence-electron chi connectivity index (χ2n) is 4.38. The van der Waals surface area contributed by atoms with Gasteiger partial charge in [-0.1, -0.05) is 13.3 Å². The van der Waals surface area contributed by atoms with Crippen LogP contribution in [0.3, 0.4) is 0 Å². The summed E-state index contributed by atoms with van der Waals surface area (Å²) >= 11 is 0. The molecule has 2 rings (SSSR count). The monoisotopic (exact) mass is 222 g/mol. The van der Waals surface area contributed by atoms with Gasteiger partial charge in [-0.05, 0) is 26.2 Å². The van der Waals surface area contributed by atoms with E-state index in [9.17, 15) is 4.79 Å². The van der Waals surface area contributed by atoms with Crippen LogP contribution >= 0.6 is 0 Å². The molecule has 0 aromatic carbocycles. The number of carbonyl (C=O) groups is 1. The highest BCUT2D eigenvalue weighted by atomic mass is 16.2. The van der Waals surface area contributed by atoms with E-state index in [0.29, 0.717) is 5.95 Å². The Morgan fingerprint density at radius 1 is 1.56 bits per heavy atom. The fourth-order valence-corrected chi connectivity index (χ4v) is 2.16. The lowest BCUT2D eigenvalue weighted by Crippen LogP contribution is -2.41. The van der Waals surface area contributed by atoms with E-state index in [1.165, 1.54) is 0 Å². The number of hydrogen-bond donors (Lipinski definition) is 1. The first-order chi connectivity index (χ1) is 7.72. The van der Waals surface area contributed by atoms with E-state index in [1.54, 1.807) is 6.33 Å². The molecule has 0 atom stereocenters. The Morgan fingerprint density at radius 3 is 2.81 bits per heavy atom. The smallest absolute Gasteiger partial charge is 0.232 e. The molecule has 5 nitrogen and oxygen atoms in total. The summed E-state index contributed by atoms with van der Waals surface area (Å²) < 4.78 is 1.83. The third kappa shape index (κ3) is 1.70. The molecule has 0 bridgehead atoms. The summed E-state index contributed by atoms with van der Waals surface area (Å²) in [6, 6.07) is 0. The summed E-state index contributed by atoms with van der Waals surface area (Å²) in [5.74, 6) is 0.663. The quantitative estimate of drug-likeness (QED) is 0.845. The number of nitrogens with zero attached hydrogens (tertiary/aromatic N) is 3. The Morgan fingerprint density at radius 2 is 2.31 bits per heavy atom. The topological polar surface area (TPSA) is 59.8 Å². The van der Waals surface area contributed by atoms with Crippen LogP contribution in [0, 0.1) is 5.41 Å². The van der Waals surface area contributed by atoms with Crippen molar-refractivity contribution in [3.8, 4) is 0 Å². The van der Waals surface area contributed by atoms with Crippen LogP contribution < -0.4 is 5.32 Å². The second-order valence-corrected chi connectivity index (χ2v) is 4.38. The van der Waals surface area contributed by atoms with Crippen LogP contribution in [0.15, 0.2) is 6.33 Å². The SMILES string of the molecule is CCn1cnnc1NC(=O)C1(CC)CCC1. The molecule has 0 unspecified atom stereocenters. The van der Waals surface area contributed by atoms with Crippen molar-refractivity contribution >= 4 is 11.9 Å². The standard InChI is InChI=1S/C11H18N4O/c1-3-11(6-5-7-11)9(16)13-10-14-12-8-15(10)4-2/h8H,3-7H2,1-2H3,(H,13,14,16). The number of rotatable bonds is 4. The zero-order valence-electron chi connectivity index (χ0n) is 9.86. The molecule has 88 valence electrons. The molecule has 0 spiro atoms. The first kappa shape index (κ1) is 11.1. The van der Waals surface area contributed by atoms with Crippen molar-refractivity contribution in [1.82, 2.24) is 14.8 Å². The van der Waals surface area contributed by atoms with Crippen molar-refractivity contribution in [2.24, 2.45) is 5.41 Å². The van der Waals surface area contributed by atoms with E-state index >= 15 is 0 Å². The van der Waals surface area contributed by atoms with Crippen molar-refractivity contribution in [1.29, 1.82) is 0 Å². The molecular formula is C11H18N4O. The lowest BCUT2D eigenvalue weighted by Gasteiger charge is -2.39. The lowest BCUT2D eigenvalue weighted by molar-refractivity contribution is -0.130. The zero-order chi connectivity index (χ0) is 11.6. The molecule has 1 N–H and O–H groups in total. The van der Waals surface area contributed by atoms with Gasteiger partial charge in [0.25, 0.3) is 0 Å². The molecule has 1 amide bonds. The molecule has 1 aliphatic rings. The van der Waals surface area contributed by atoms with Gasteiger partial charge in [0.2, 0.25) is 11.9 Å². The highest BCUT2D eigenvalue weighted by Crippen LogP contribution is 2.44. The fraction of sp³-hybridized carbons (Fsp3) is 0.727. The van der Waals surface area contributed by atoms with E-state index in [1.807, 2.05) is 11.5 Å². The Hall–Kier alpha value is -1.39. The van der Waals surface area contributed by atoms with Crippen LogP contribution in [0.1, 0.15) is 39.5 Å². The van der Waals surface area contributed by atoms with Gasteiger partial charge >= 0.3 is 0 Å². The Bertz CT molecular complexity index is 376. The van der Waals surface area contributed by atoms with E-state index in [2.05, 4.69) is 22.4 Å². The number of hydrogen-bond acceptors (Lipinski definition) is 3. The minimum Gasteiger partial charge on any atom is -0.300 e. The number of amides is 1. The highest BCUT2D eigenvalue weighted by Gasteiger charge is 2.42. The summed E-state index contributed by atoms with van der Waals surface area (Å²) in [6.07, 6.45) is 5.68. The summed E-state index contributed by atoms with van der Waals surface area (Å²) in [7, 11) is 0. The molecule has 16 heavy (non-hydrogen) atoms. The third-order valence-electron chi connectivity index (χ3n) is 3.65. The molecule has 1 saturated carbocycles. The van der Waals surface area contributed by atoms with E-state index < -0.39 is 0 Å². The predicted molar refractivity (Wildman–Crippen MR) is 60.9 cm³/mol. The Balaban J connectivity index is 2.07. The Kier molecular flexibility index (Phi) is 2.94. The van der Waals surface area contributed by atoms with Crippen molar-refractivity contribution in [3.05, 3.63) is 6.33 Å². The summed E-state index contributed by atoms with van der Waals surface area (Å²) in [5.41, 5.74) is -0.148. The van der Waals surface area contributed by atoms with E-state index in [-0.39, 0.29) is 11.3 Å². The summed E-state index contributed by atoms with van der Waals surface area (Å²) in [5, 5.41) is 10.6. The molecule has 5 heteroatoms. The zero-order valence-corrected chi connectivity index (χ0v) is 9.86. The number of nitrogens with one attached hydrogen (secondary N) is 1. The van der Waals surface area contributed by atoms with Gasteiger partial charge in [0.15, 0.2) is 0 Å². The molecule has 0 aliphatic heterocycles. The molecule has 1 aliphatic carbocycles. The van der Waals surface area contributed by atoms with Crippen LogP contribution in [0.4, 0.5) is 5.95 Å². The third-order valence-corrected chi connectivity index (χ3v) is 3.65. The first-order valence-electron chi connectivity index (χ1n) is 5.91. The van der Waals surface area contributed by atoms with Crippen molar-refractivity contribution in [3.63, 3.8) is 0 Å². The number of aromatic nitrogens is 3. The highest BCUT2D eigenvalue weighted by molar-refractivity contribution is 5.94. The van der Waals surface area contributed by atoms with Gasteiger partial charge in [0, 0.05) is 12.0 Å². The second kappa shape index (κ2) is 4.23. The number of aryl methyl sites for hydroxylation is 1. The van der Waals surface area contributed by atoms with Crippen molar-refractivity contribution < 1.29 is 4.79 Å². The van der Waals surface area contributed by atoms with Crippen molar-refractivity contribution in [2.45, 2.75) is 46.1 Å². The van der Waals surface area contributed by atoms with Gasteiger partial charge in [0.1, 0.15) is 6.33 Å². The summed E-state index contributed by atoms with van der Waals surface area (Å²) in [6.45, 7) is 4.84. The van der Waals surface area contributed by atoms with E-state index in [4.69, 9.17) is 0 Å². The minimum absolute atomic E-state index is 0.101. The largest absolute Gasteiger partial charge is 0.300 e. The average molecular weight is 222 g/mol. The summed E-state index contributed by atoms with van der Waals surface area (Å²) in [4.78, 5) is 12.1. The average Bonchev–Trinajstić information content (AvgIpc) is 2.64. The van der Waals surface area contributed by atoms with Crippen LogP contribution in [-0.2, 0) is 11.3 Å². The predicted octanol–water partition coefficient (Wildman–Crippen LogP) is 1.82. The molecule has 1 heterocycles. The van der Waals surface area contributed by atoms with Gasteiger partial charge in [-0.15, -0.1) is 10.2 Å². The Labute approximate surface area is 95.2 Å². The fourth-order valence-electron chi connectivity index (χ4n) is 2.16. The van der Waals surface area contributed by atoms with Crippen LogP contribution in [0.25, 0.3) is 0 Å². The molecule has 0 radical (unpaired) electrons. The van der Waals surface area contributed by atoms with Gasteiger partial charge < -0.3 is 4.57 Å². The molecule has 1 aromatic heterocycles. The molecule has 0 saturated heterocycles. The lowest BCUT2D eigenvalue weighted by atomic mass is 9.66. The maximum atomic E-state index is 12.1. The van der Waals surface area contributed by atoms with Crippen LogP contribution in [-0.4, -0.2) is 20.7 Å². The van der Waals surface area contributed by atoms with Crippen molar-refractivity contribution in [2.75, 3.05) is 5.32 Å². The molecular weight excluding hydrogens is 204 g/mol. The van der Waals surface area contributed by atoms with Crippen LogP contribution in [0.5, 0.6) is 0 Å². The maximum Gasteiger partial charge on any atom is 0.232 e. The van der Waals surface area contributed by atoms with Gasteiger partial charge in [0.05, 0.1) is 0 Å². The van der Waals surface area contributed by atoms with Crippen LogP contribution in [0.2, 0.25) is 0 Å². The molecule has 1 fully saturated rings.